The normalized spacial score (nSPS) is 16.4. The van der Waals surface area contributed by atoms with E-state index in [2.05, 4.69) is 21.9 Å². The quantitative estimate of drug-likeness (QED) is 0.572. The van der Waals surface area contributed by atoms with Gasteiger partial charge in [-0.05, 0) is 36.2 Å². The third-order valence-electron chi connectivity index (χ3n) is 6.30. The molecule has 7 nitrogen and oxygen atoms in total. The SMILES string of the molecule is COC(=O)c1c(CN2CCN(Cc3ccc4c(c3)OCO4)CC2)nc2ccccc2c1C. The lowest BCUT2D eigenvalue weighted by atomic mass is 10.0. The van der Waals surface area contributed by atoms with Gasteiger partial charge in [0.2, 0.25) is 6.79 Å². The number of ether oxygens (including phenoxy) is 3. The molecule has 0 atom stereocenters. The molecule has 0 amide bonds. The number of carbonyl (C=O) groups is 1. The van der Waals surface area contributed by atoms with Gasteiger partial charge in [0.1, 0.15) is 0 Å². The Morgan fingerprint density at radius 3 is 2.50 bits per heavy atom. The standard InChI is InChI=1S/C25H27N3O4/c1-17-19-5-3-4-6-20(19)26-21(24(17)25(29)30-2)15-28-11-9-27(10-12-28)14-18-7-8-22-23(13-18)32-16-31-22/h3-8,13H,9-12,14-16H2,1-2H3. The summed E-state index contributed by atoms with van der Waals surface area (Å²) in [6, 6.07) is 14.1. The second-order valence-electron chi connectivity index (χ2n) is 8.31. The Balaban J connectivity index is 1.28. The Morgan fingerprint density at radius 1 is 1.00 bits per heavy atom. The molecule has 32 heavy (non-hydrogen) atoms. The zero-order chi connectivity index (χ0) is 22.1. The first-order valence-electron chi connectivity index (χ1n) is 10.9. The summed E-state index contributed by atoms with van der Waals surface area (Å²) < 4.78 is 16.0. The monoisotopic (exact) mass is 433 g/mol. The zero-order valence-electron chi connectivity index (χ0n) is 18.5. The molecule has 0 N–H and O–H groups in total. The van der Waals surface area contributed by atoms with Crippen molar-refractivity contribution in [3.05, 3.63) is 64.8 Å². The van der Waals surface area contributed by atoms with Gasteiger partial charge >= 0.3 is 5.97 Å². The number of benzene rings is 2. The number of pyridine rings is 1. The molecule has 0 unspecified atom stereocenters. The topological polar surface area (TPSA) is 64.1 Å². The smallest absolute Gasteiger partial charge is 0.340 e. The van der Waals surface area contributed by atoms with Crippen LogP contribution in [0.1, 0.15) is 27.2 Å². The van der Waals surface area contributed by atoms with Crippen LogP contribution in [0, 0.1) is 6.92 Å². The van der Waals surface area contributed by atoms with E-state index < -0.39 is 0 Å². The van der Waals surface area contributed by atoms with E-state index >= 15 is 0 Å². The number of nitrogens with zero attached hydrogens (tertiary/aromatic N) is 3. The highest BCUT2D eigenvalue weighted by molar-refractivity contribution is 5.98. The van der Waals surface area contributed by atoms with Gasteiger partial charge < -0.3 is 14.2 Å². The van der Waals surface area contributed by atoms with Crippen molar-refractivity contribution >= 4 is 16.9 Å². The predicted molar refractivity (Wildman–Crippen MR) is 121 cm³/mol. The van der Waals surface area contributed by atoms with E-state index in [-0.39, 0.29) is 5.97 Å². The van der Waals surface area contributed by atoms with Crippen molar-refractivity contribution in [1.29, 1.82) is 0 Å². The number of hydrogen-bond donors (Lipinski definition) is 0. The van der Waals surface area contributed by atoms with E-state index in [9.17, 15) is 4.79 Å². The number of piperazine rings is 1. The van der Waals surface area contributed by atoms with Crippen molar-refractivity contribution < 1.29 is 19.0 Å². The van der Waals surface area contributed by atoms with Crippen LogP contribution in [-0.4, -0.2) is 60.8 Å². The predicted octanol–water partition coefficient (Wildman–Crippen LogP) is 3.38. The van der Waals surface area contributed by atoms with E-state index in [4.69, 9.17) is 19.2 Å². The maximum Gasteiger partial charge on any atom is 0.340 e. The molecule has 0 aliphatic carbocycles. The fourth-order valence-electron chi connectivity index (χ4n) is 4.54. The lowest BCUT2D eigenvalue weighted by Crippen LogP contribution is -2.45. The third-order valence-corrected chi connectivity index (χ3v) is 6.30. The minimum absolute atomic E-state index is 0.299. The summed E-state index contributed by atoms with van der Waals surface area (Å²) in [4.78, 5) is 22.2. The highest BCUT2D eigenvalue weighted by atomic mass is 16.7. The third kappa shape index (κ3) is 4.01. The molecule has 0 saturated carbocycles. The van der Waals surface area contributed by atoms with Crippen LogP contribution < -0.4 is 9.47 Å². The lowest BCUT2D eigenvalue weighted by Gasteiger charge is -2.34. The molecule has 0 radical (unpaired) electrons. The molecule has 7 heteroatoms. The summed E-state index contributed by atoms with van der Waals surface area (Å²) in [5.74, 6) is 1.32. The van der Waals surface area contributed by atoms with Gasteiger partial charge in [-0.1, -0.05) is 24.3 Å². The molecule has 0 spiro atoms. The van der Waals surface area contributed by atoms with Crippen LogP contribution in [0.4, 0.5) is 0 Å². The largest absolute Gasteiger partial charge is 0.465 e. The van der Waals surface area contributed by atoms with Crippen LogP contribution in [0.2, 0.25) is 0 Å². The zero-order valence-corrected chi connectivity index (χ0v) is 18.5. The van der Waals surface area contributed by atoms with Crippen molar-refractivity contribution in [2.45, 2.75) is 20.0 Å². The van der Waals surface area contributed by atoms with Gasteiger partial charge in [-0.2, -0.15) is 0 Å². The number of carbonyl (C=O) groups excluding carboxylic acids is 1. The van der Waals surface area contributed by atoms with Gasteiger partial charge in [0.15, 0.2) is 11.5 Å². The van der Waals surface area contributed by atoms with E-state index in [1.54, 1.807) is 0 Å². The van der Waals surface area contributed by atoms with Crippen molar-refractivity contribution in [3.8, 4) is 11.5 Å². The van der Waals surface area contributed by atoms with E-state index in [0.717, 1.165) is 66.4 Å². The number of aromatic nitrogens is 1. The molecule has 5 rings (SSSR count). The first-order chi connectivity index (χ1) is 15.6. The molecule has 2 aromatic carbocycles. The number of esters is 1. The minimum atomic E-state index is -0.322. The van der Waals surface area contributed by atoms with Crippen LogP contribution in [0.25, 0.3) is 10.9 Å². The molecule has 3 aromatic rings. The molecule has 1 aromatic heterocycles. The molecule has 2 aliphatic rings. The Hall–Kier alpha value is -3.16. The van der Waals surface area contributed by atoms with E-state index in [0.29, 0.717) is 18.9 Å². The van der Waals surface area contributed by atoms with Crippen LogP contribution in [0.5, 0.6) is 11.5 Å². The van der Waals surface area contributed by atoms with Crippen molar-refractivity contribution in [3.63, 3.8) is 0 Å². The number of fused-ring (bicyclic) bond motifs is 2. The molecule has 166 valence electrons. The summed E-state index contributed by atoms with van der Waals surface area (Å²) in [5, 5.41) is 0.991. The highest BCUT2D eigenvalue weighted by Gasteiger charge is 2.24. The molecule has 2 aliphatic heterocycles. The second-order valence-corrected chi connectivity index (χ2v) is 8.31. The maximum atomic E-state index is 12.6. The minimum Gasteiger partial charge on any atom is -0.465 e. The summed E-state index contributed by atoms with van der Waals surface area (Å²) in [6.07, 6.45) is 0. The summed E-state index contributed by atoms with van der Waals surface area (Å²) in [5.41, 5.74) is 4.45. The maximum absolute atomic E-state index is 12.6. The number of para-hydroxylation sites is 1. The van der Waals surface area contributed by atoms with Crippen LogP contribution in [0.15, 0.2) is 42.5 Å². The molecule has 0 bridgehead atoms. The number of methoxy groups -OCH3 is 1. The van der Waals surface area contributed by atoms with Gasteiger partial charge in [-0.3, -0.25) is 14.8 Å². The number of hydrogen-bond acceptors (Lipinski definition) is 7. The van der Waals surface area contributed by atoms with Crippen LogP contribution in [0.3, 0.4) is 0 Å². The van der Waals surface area contributed by atoms with E-state index in [1.165, 1.54) is 12.7 Å². The summed E-state index contributed by atoms with van der Waals surface area (Å²) >= 11 is 0. The molecular formula is C25H27N3O4. The van der Waals surface area contributed by atoms with Gasteiger partial charge in [0.25, 0.3) is 0 Å². The molecule has 3 heterocycles. The van der Waals surface area contributed by atoms with Gasteiger partial charge in [0.05, 0.1) is 23.9 Å². The number of rotatable bonds is 5. The van der Waals surface area contributed by atoms with Crippen LogP contribution >= 0.6 is 0 Å². The first-order valence-corrected chi connectivity index (χ1v) is 10.9. The van der Waals surface area contributed by atoms with Gasteiger partial charge in [0, 0.05) is 44.7 Å². The van der Waals surface area contributed by atoms with Gasteiger partial charge in [-0.15, -0.1) is 0 Å². The van der Waals surface area contributed by atoms with E-state index in [1.807, 2.05) is 37.3 Å². The number of aryl methyl sites for hydroxylation is 1. The highest BCUT2D eigenvalue weighted by Crippen LogP contribution is 2.33. The lowest BCUT2D eigenvalue weighted by molar-refractivity contribution is 0.0595. The van der Waals surface area contributed by atoms with Gasteiger partial charge in [-0.25, -0.2) is 4.79 Å². The fourth-order valence-corrected chi connectivity index (χ4v) is 4.54. The average molecular weight is 434 g/mol. The fraction of sp³-hybridized carbons (Fsp3) is 0.360. The molecule has 1 saturated heterocycles. The van der Waals surface area contributed by atoms with Crippen LogP contribution in [-0.2, 0) is 17.8 Å². The van der Waals surface area contributed by atoms with Crippen molar-refractivity contribution in [1.82, 2.24) is 14.8 Å². The molecular weight excluding hydrogens is 406 g/mol. The summed E-state index contributed by atoms with van der Waals surface area (Å²) in [6.45, 7) is 7.52. The Morgan fingerprint density at radius 2 is 1.72 bits per heavy atom. The Bertz CT molecular complexity index is 1160. The molecule has 1 fully saturated rings. The Kier molecular flexibility index (Phi) is 5.68. The Labute approximate surface area is 187 Å². The van der Waals surface area contributed by atoms with Crippen molar-refractivity contribution in [2.24, 2.45) is 0 Å². The summed E-state index contributed by atoms with van der Waals surface area (Å²) in [7, 11) is 1.43. The second kappa shape index (κ2) is 8.76. The average Bonchev–Trinajstić information content (AvgIpc) is 3.28. The van der Waals surface area contributed by atoms with Crippen molar-refractivity contribution in [2.75, 3.05) is 40.1 Å². The first kappa shape index (κ1) is 20.7.